The molecule has 1 heterocycles. The average molecular weight is 481 g/mol. The van der Waals surface area contributed by atoms with Gasteiger partial charge in [-0.15, -0.1) is 0 Å². The fourth-order valence-corrected chi connectivity index (χ4v) is 3.76. The molecule has 146 valence electrons. The maximum Gasteiger partial charge on any atom is 0.272 e. The van der Waals surface area contributed by atoms with Crippen LogP contribution in [0.1, 0.15) is 36.8 Å². The zero-order chi connectivity index (χ0) is 20.6. The number of amides is 1. The van der Waals surface area contributed by atoms with Gasteiger partial charge in [-0.05, 0) is 58.0 Å². The number of aromatic nitrogens is 2. The van der Waals surface area contributed by atoms with Crippen LogP contribution in [0.15, 0.2) is 46.9 Å². The second-order valence-corrected chi connectivity index (χ2v) is 9.30. The Morgan fingerprint density at radius 2 is 1.75 bits per heavy atom. The summed E-state index contributed by atoms with van der Waals surface area (Å²) in [6, 6.07) is 13.0. The number of halogens is 3. The van der Waals surface area contributed by atoms with Gasteiger partial charge in [0.05, 0.1) is 16.4 Å². The Morgan fingerprint density at radius 1 is 1.11 bits per heavy atom. The predicted octanol–water partition coefficient (Wildman–Crippen LogP) is 6.45. The lowest BCUT2D eigenvalue weighted by atomic mass is 10.0. The van der Waals surface area contributed by atoms with Gasteiger partial charge in [0.1, 0.15) is 0 Å². The summed E-state index contributed by atoms with van der Waals surface area (Å²) in [7, 11) is 0. The molecule has 0 atom stereocenters. The fourth-order valence-electron chi connectivity index (χ4n) is 2.89. The third-order valence-electron chi connectivity index (χ3n) is 4.08. The summed E-state index contributed by atoms with van der Waals surface area (Å²) >= 11 is 16.0. The van der Waals surface area contributed by atoms with Crippen molar-refractivity contribution in [1.82, 2.24) is 15.1 Å². The van der Waals surface area contributed by atoms with Crippen LogP contribution < -0.4 is 5.32 Å². The van der Waals surface area contributed by atoms with E-state index in [4.69, 9.17) is 23.2 Å². The van der Waals surface area contributed by atoms with Gasteiger partial charge in [0.25, 0.3) is 5.91 Å². The summed E-state index contributed by atoms with van der Waals surface area (Å²) in [6.07, 6.45) is 0. The summed E-state index contributed by atoms with van der Waals surface area (Å²) in [5.41, 5.74) is 3.13. The first-order valence-electron chi connectivity index (χ1n) is 8.70. The van der Waals surface area contributed by atoms with E-state index >= 15 is 0 Å². The lowest BCUT2D eigenvalue weighted by molar-refractivity contribution is 0.0913. The molecule has 0 unspecified atom stereocenters. The number of benzene rings is 2. The van der Waals surface area contributed by atoms with Gasteiger partial charge in [0.2, 0.25) is 0 Å². The van der Waals surface area contributed by atoms with Crippen molar-refractivity contribution in [2.75, 3.05) is 0 Å². The number of hydrogen-bond acceptors (Lipinski definition) is 2. The van der Waals surface area contributed by atoms with Crippen molar-refractivity contribution in [3.63, 3.8) is 0 Å². The average Bonchev–Trinajstić information content (AvgIpc) is 2.91. The number of rotatable bonds is 3. The number of hydrogen-bond donors (Lipinski definition) is 1. The molecule has 0 fully saturated rings. The second kappa shape index (κ2) is 7.90. The third kappa shape index (κ3) is 4.43. The van der Waals surface area contributed by atoms with E-state index in [2.05, 4.69) is 26.3 Å². The highest BCUT2D eigenvalue weighted by Gasteiger charge is 2.25. The quantitative estimate of drug-likeness (QED) is 0.468. The predicted molar refractivity (Wildman–Crippen MR) is 119 cm³/mol. The molecule has 0 saturated carbocycles. The molecule has 4 nitrogen and oxygen atoms in total. The lowest BCUT2D eigenvalue weighted by Gasteiger charge is -2.19. The minimum absolute atomic E-state index is 0.229. The maximum atomic E-state index is 12.9. The van der Waals surface area contributed by atoms with Gasteiger partial charge in [-0.1, -0.05) is 51.3 Å². The Balaban J connectivity index is 2.23. The molecular weight excluding hydrogens is 461 g/mol. The van der Waals surface area contributed by atoms with Crippen LogP contribution >= 0.6 is 39.1 Å². The first-order valence-corrected chi connectivity index (χ1v) is 10.3. The Labute approximate surface area is 183 Å². The van der Waals surface area contributed by atoms with E-state index in [1.165, 1.54) is 0 Å². The summed E-state index contributed by atoms with van der Waals surface area (Å²) in [6.45, 7) is 7.69. The van der Waals surface area contributed by atoms with Gasteiger partial charge in [0.15, 0.2) is 5.69 Å². The van der Waals surface area contributed by atoms with Crippen LogP contribution in [0.5, 0.6) is 0 Å². The van der Waals surface area contributed by atoms with Crippen molar-refractivity contribution in [3.05, 3.63) is 68.2 Å². The van der Waals surface area contributed by atoms with Crippen molar-refractivity contribution in [2.45, 2.75) is 33.2 Å². The zero-order valence-corrected chi connectivity index (χ0v) is 19.1. The highest BCUT2D eigenvalue weighted by Crippen LogP contribution is 2.33. The Hall–Kier alpha value is -1.82. The topological polar surface area (TPSA) is 46.9 Å². The molecule has 0 saturated heterocycles. The highest BCUT2D eigenvalue weighted by atomic mass is 79.9. The zero-order valence-electron chi connectivity index (χ0n) is 16.0. The first kappa shape index (κ1) is 20.9. The molecule has 1 amide bonds. The molecule has 0 spiro atoms. The minimum atomic E-state index is -0.372. The molecule has 0 aliphatic carbocycles. The Bertz CT molecular complexity index is 1040. The molecule has 1 N–H and O–H groups in total. The fraction of sp³-hybridized carbons (Fsp3) is 0.238. The largest absolute Gasteiger partial charge is 0.346 e. The van der Waals surface area contributed by atoms with Crippen LogP contribution in [-0.2, 0) is 0 Å². The van der Waals surface area contributed by atoms with Crippen LogP contribution in [0, 0.1) is 6.92 Å². The highest BCUT2D eigenvalue weighted by molar-refractivity contribution is 9.10. The molecule has 3 aromatic rings. The van der Waals surface area contributed by atoms with E-state index in [9.17, 15) is 4.79 Å². The van der Waals surface area contributed by atoms with E-state index in [0.717, 1.165) is 21.3 Å². The van der Waals surface area contributed by atoms with Crippen LogP contribution in [0.3, 0.4) is 0 Å². The van der Waals surface area contributed by atoms with Gasteiger partial charge < -0.3 is 5.32 Å². The van der Waals surface area contributed by atoms with Crippen LogP contribution in [0.4, 0.5) is 0 Å². The monoisotopic (exact) mass is 479 g/mol. The summed E-state index contributed by atoms with van der Waals surface area (Å²) in [5, 5.41) is 8.76. The molecule has 1 aromatic heterocycles. The van der Waals surface area contributed by atoms with Gasteiger partial charge in [-0.25, -0.2) is 4.68 Å². The number of nitrogens with zero attached hydrogens (tertiary/aromatic N) is 2. The first-order chi connectivity index (χ1) is 13.1. The van der Waals surface area contributed by atoms with Gasteiger partial charge in [0, 0.05) is 26.2 Å². The SMILES string of the molecule is Cc1c(C(=O)NC(C)(C)C)nn(-c2ccc(Br)cc2Cl)c1-c1ccc(Cl)cc1. The third-order valence-corrected chi connectivity index (χ3v) is 5.13. The van der Waals surface area contributed by atoms with Crippen molar-refractivity contribution in [1.29, 1.82) is 0 Å². The van der Waals surface area contributed by atoms with Crippen LogP contribution in [0.2, 0.25) is 10.0 Å². The standard InChI is InChI=1S/C21H20BrCl2N3O/c1-12-18(20(28)25-21(2,3)4)26-27(17-10-7-14(22)11-16(17)24)19(12)13-5-8-15(23)9-6-13/h5-11H,1-4H3,(H,25,28). The lowest BCUT2D eigenvalue weighted by Crippen LogP contribution is -2.41. The number of nitrogens with one attached hydrogen (secondary N) is 1. The Kier molecular flexibility index (Phi) is 5.89. The number of carbonyl (C=O) groups is 1. The van der Waals surface area contributed by atoms with Crippen molar-refractivity contribution in [2.24, 2.45) is 0 Å². The van der Waals surface area contributed by atoms with E-state index in [1.54, 1.807) is 10.7 Å². The van der Waals surface area contributed by atoms with Gasteiger partial charge in [-0.3, -0.25) is 4.79 Å². The minimum Gasteiger partial charge on any atom is -0.346 e. The van der Waals surface area contributed by atoms with Gasteiger partial charge in [-0.2, -0.15) is 5.10 Å². The smallest absolute Gasteiger partial charge is 0.272 e. The molecule has 28 heavy (non-hydrogen) atoms. The summed E-state index contributed by atoms with van der Waals surface area (Å²) in [4.78, 5) is 12.9. The van der Waals surface area contributed by atoms with E-state index in [-0.39, 0.29) is 11.4 Å². The molecule has 7 heteroatoms. The van der Waals surface area contributed by atoms with E-state index in [0.29, 0.717) is 21.4 Å². The normalized spacial score (nSPS) is 11.5. The number of carbonyl (C=O) groups excluding carboxylic acids is 1. The van der Waals surface area contributed by atoms with E-state index < -0.39 is 0 Å². The molecule has 3 rings (SSSR count). The molecule has 2 aromatic carbocycles. The van der Waals surface area contributed by atoms with Crippen LogP contribution in [-0.4, -0.2) is 21.2 Å². The Morgan fingerprint density at radius 3 is 2.32 bits per heavy atom. The van der Waals surface area contributed by atoms with E-state index in [1.807, 2.05) is 64.1 Å². The van der Waals surface area contributed by atoms with Crippen molar-refractivity contribution >= 4 is 45.0 Å². The summed E-state index contributed by atoms with van der Waals surface area (Å²) < 4.78 is 2.58. The molecule has 0 radical (unpaired) electrons. The van der Waals surface area contributed by atoms with Crippen molar-refractivity contribution < 1.29 is 4.79 Å². The maximum absolute atomic E-state index is 12.9. The second-order valence-electron chi connectivity index (χ2n) is 7.54. The van der Waals surface area contributed by atoms with Crippen LogP contribution in [0.25, 0.3) is 16.9 Å². The molecule has 0 bridgehead atoms. The molecule has 0 aliphatic heterocycles. The van der Waals surface area contributed by atoms with Crippen molar-refractivity contribution in [3.8, 4) is 16.9 Å². The summed E-state index contributed by atoms with van der Waals surface area (Å²) in [5.74, 6) is -0.229. The molecular formula is C21H20BrCl2N3O. The molecule has 0 aliphatic rings. The van der Waals surface area contributed by atoms with Gasteiger partial charge >= 0.3 is 0 Å².